The predicted molar refractivity (Wildman–Crippen MR) is 118 cm³/mol. The normalized spacial score (nSPS) is 15.3. The topological polar surface area (TPSA) is 71.5 Å². The van der Waals surface area contributed by atoms with Crippen molar-refractivity contribution in [3.05, 3.63) is 89.8 Å². The van der Waals surface area contributed by atoms with Gasteiger partial charge in [-0.25, -0.2) is 0 Å². The molecule has 0 spiro atoms. The van der Waals surface area contributed by atoms with Gasteiger partial charge in [-0.3, -0.25) is 24.8 Å². The van der Waals surface area contributed by atoms with Gasteiger partial charge in [0.25, 0.3) is 11.8 Å². The van der Waals surface area contributed by atoms with Crippen LogP contribution in [0.5, 0.6) is 11.5 Å². The van der Waals surface area contributed by atoms with Crippen LogP contribution < -0.4 is 15.0 Å². The average Bonchev–Trinajstić information content (AvgIpc) is 2.73. The number of rotatable bonds is 4. The van der Waals surface area contributed by atoms with Gasteiger partial charge in [0.05, 0.1) is 11.4 Å². The zero-order valence-electron chi connectivity index (χ0n) is 16.0. The van der Waals surface area contributed by atoms with Crippen molar-refractivity contribution in [1.29, 1.82) is 0 Å². The number of anilines is 1. The lowest BCUT2D eigenvalue weighted by Gasteiger charge is -2.29. The summed E-state index contributed by atoms with van der Waals surface area (Å²) in [6, 6.07) is 21.6. The highest BCUT2D eigenvalue weighted by atomic mass is 32.1. The second kappa shape index (κ2) is 8.26. The van der Waals surface area contributed by atoms with Gasteiger partial charge in [-0.05, 0) is 73.7 Å². The minimum atomic E-state index is -0.548. The van der Waals surface area contributed by atoms with E-state index in [0.29, 0.717) is 22.9 Å². The first kappa shape index (κ1) is 19.5. The number of carbonyl (C=O) groups is 2. The molecule has 0 radical (unpaired) electrons. The van der Waals surface area contributed by atoms with Crippen LogP contribution in [0.3, 0.4) is 0 Å². The maximum atomic E-state index is 13.1. The number of aromatic nitrogens is 1. The molecule has 30 heavy (non-hydrogen) atoms. The SMILES string of the molecule is Cc1cccc(C=C2C(=O)NC(=S)N(c3ccc(Oc4ccccc4)cc3)C2=O)n1. The monoisotopic (exact) mass is 415 g/mol. The van der Waals surface area contributed by atoms with Crippen LogP contribution in [0.25, 0.3) is 6.08 Å². The third kappa shape index (κ3) is 4.11. The first-order valence-electron chi connectivity index (χ1n) is 9.19. The number of pyridine rings is 1. The summed E-state index contributed by atoms with van der Waals surface area (Å²) in [5, 5.41) is 2.59. The van der Waals surface area contributed by atoms with E-state index in [1.807, 2.05) is 49.4 Å². The number of nitrogens with one attached hydrogen (secondary N) is 1. The Morgan fingerprint density at radius 1 is 0.933 bits per heavy atom. The fourth-order valence-electron chi connectivity index (χ4n) is 2.97. The molecule has 7 heteroatoms. The summed E-state index contributed by atoms with van der Waals surface area (Å²) in [5.74, 6) is 0.263. The fourth-order valence-corrected chi connectivity index (χ4v) is 3.25. The number of aryl methyl sites for hydroxylation is 1. The average molecular weight is 415 g/mol. The van der Waals surface area contributed by atoms with Crippen LogP contribution in [-0.2, 0) is 9.59 Å². The van der Waals surface area contributed by atoms with E-state index in [9.17, 15) is 9.59 Å². The van der Waals surface area contributed by atoms with E-state index in [-0.39, 0.29) is 10.7 Å². The van der Waals surface area contributed by atoms with Gasteiger partial charge in [-0.15, -0.1) is 0 Å². The number of thiocarbonyl (C=S) groups is 1. The maximum absolute atomic E-state index is 13.1. The van der Waals surface area contributed by atoms with Crippen molar-refractivity contribution >= 4 is 40.9 Å². The Kier molecular flexibility index (Phi) is 5.36. The molecule has 1 aromatic heterocycles. The number of hydrogen-bond donors (Lipinski definition) is 1. The zero-order chi connectivity index (χ0) is 21.1. The van der Waals surface area contributed by atoms with Gasteiger partial charge in [0.1, 0.15) is 17.1 Å². The number of nitrogens with zero attached hydrogens (tertiary/aromatic N) is 2. The summed E-state index contributed by atoms with van der Waals surface area (Å²) in [4.78, 5) is 31.0. The molecule has 0 aliphatic carbocycles. The Balaban J connectivity index is 1.60. The van der Waals surface area contributed by atoms with Gasteiger partial charge >= 0.3 is 0 Å². The second-order valence-electron chi connectivity index (χ2n) is 6.57. The molecule has 148 valence electrons. The zero-order valence-corrected chi connectivity index (χ0v) is 16.8. The first-order chi connectivity index (χ1) is 14.5. The molecule has 0 bridgehead atoms. The standard InChI is InChI=1S/C23H17N3O3S/c1-15-6-5-7-16(24-15)14-20-21(27)25-23(30)26(22(20)28)17-10-12-19(13-11-17)29-18-8-3-2-4-9-18/h2-14H,1H3,(H,25,27,30). The number of hydrogen-bond acceptors (Lipinski definition) is 5. The molecule has 3 aromatic rings. The number of ether oxygens (including phenoxy) is 1. The van der Waals surface area contributed by atoms with E-state index in [4.69, 9.17) is 17.0 Å². The summed E-state index contributed by atoms with van der Waals surface area (Å²) in [6.45, 7) is 1.84. The molecule has 1 saturated heterocycles. The van der Waals surface area contributed by atoms with Crippen LogP contribution in [0.1, 0.15) is 11.4 Å². The maximum Gasteiger partial charge on any atom is 0.270 e. The Morgan fingerprint density at radius 3 is 2.33 bits per heavy atom. The van der Waals surface area contributed by atoms with Crippen molar-refractivity contribution in [2.24, 2.45) is 0 Å². The Bertz CT molecular complexity index is 1160. The minimum absolute atomic E-state index is 0.0241. The Labute approximate surface area is 178 Å². The molecule has 1 fully saturated rings. The lowest BCUT2D eigenvalue weighted by atomic mass is 10.1. The van der Waals surface area contributed by atoms with Crippen molar-refractivity contribution < 1.29 is 14.3 Å². The largest absolute Gasteiger partial charge is 0.457 e. The van der Waals surface area contributed by atoms with Crippen LogP contribution in [0.4, 0.5) is 5.69 Å². The van der Waals surface area contributed by atoms with Crippen molar-refractivity contribution in [2.45, 2.75) is 6.92 Å². The summed E-state index contributed by atoms with van der Waals surface area (Å²) in [5.41, 5.74) is 1.79. The summed E-state index contributed by atoms with van der Waals surface area (Å²) < 4.78 is 5.78. The van der Waals surface area contributed by atoms with Crippen LogP contribution in [0, 0.1) is 6.92 Å². The van der Waals surface area contributed by atoms with Crippen molar-refractivity contribution in [3.63, 3.8) is 0 Å². The second-order valence-corrected chi connectivity index (χ2v) is 6.96. The Hall–Kier alpha value is -3.84. The van der Waals surface area contributed by atoms with Crippen LogP contribution >= 0.6 is 12.2 Å². The van der Waals surface area contributed by atoms with Crippen LogP contribution in [0.15, 0.2) is 78.4 Å². The first-order valence-corrected chi connectivity index (χ1v) is 9.60. The van der Waals surface area contributed by atoms with E-state index in [2.05, 4.69) is 10.3 Å². The van der Waals surface area contributed by atoms with Gasteiger partial charge in [0.2, 0.25) is 0 Å². The van der Waals surface area contributed by atoms with Gasteiger partial charge in [0.15, 0.2) is 5.11 Å². The lowest BCUT2D eigenvalue weighted by Crippen LogP contribution is -2.54. The molecule has 2 heterocycles. The summed E-state index contributed by atoms with van der Waals surface area (Å²) in [7, 11) is 0. The molecule has 1 aliphatic heterocycles. The van der Waals surface area contributed by atoms with E-state index >= 15 is 0 Å². The van der Waals surface area contributed by atoms with Crippen molar-refractivity contribution in [3.8, 4) is 11.5 Å². The molecule has 2 amide bonds. The van der Waals surface area contributed by atoms with E-state index in [0.717, 1.165) is 5.69 Å². The van der Waals surface area contributed by atoms with Gasteiger partial charge in [0, 0.05) is 5.69 Å². The van der Waals surface area contributed by atoms with Crippen LogP contribution in [-0.4, -0.2) is 21.9 Å². The highest BCUT2D eigenvalue weighted by Crippen LogP contribution is 2.27. The Morgan fingerprint density at radius 2 is 1.63 bits per heavy atom. The molecule has 0 unspecified atom stereocenters. The van der Waals surface area contributed by atoms with E-state index in [1.165, 1.54) is 11.0 Å². The van der Waals surface area contributed by atoms with E-state index < -0.39 is 11.8 Å². The van der Waals surface area contributed by atoms with Crippen molar-refractivity contribution in [1.82, 2.24) is 10.3 Å². The predicted octanol–water partition coefficient (Wildman–Crippen LogP) is 4.01. The van der Waals surface area contributed by atoms with Crippen molar-refractivity contribution in [2.75, 3.05) is 4.90 Å². The minimum Gasteiger partial charge on any atom is -0.457 e. The smallest absolute Gasteiger partial charge is 0.270 e. The quantitative estimate of drug-likeness (QED) is 0.396. The third-order valence-corrected chi connectivity index (χ3v) is 4.66. The van der Waals surface area contributed by atoms with Gasteiger partial charge < -0.3 is 4.74 Å². The molecular weight excluding hydrogens is 398 g/mol. The summed E-state index contributed by atoms with van der Waals surface area (Å²) >= 11 is 5.24. The highest BCUT2D eigenvalue weighted by molar-refractivity contribution is 7.80. The fraction of sp³-hybridized carbons (Fsp3) is 0.0435. The highest BCUT2D eigenvalue weighted by Gasteiger charge is 2.34. The van der Waals surface area contributed by atoms with Crippen LogP contribution in [0.2, 0.25) is 0 Å². The number of carbonyl (C=O) groups excluding carboxylic acids is 2. The van der Waals surface area contributed by atoms with Gasteiger partial charge in [-0.1, -0.05) is 24.3 Å². The number of amides is 2. The molecule has 2 aromatic carbocycles. The lowest BCUT2D eigenvalue weighted by molar-refractivity contribution is -0.122. The number of benzene rings is 2. The molecule has 0 atom stereocenters. The molecule has 1 aliphatic rings. The van der Waals surface area contributed by atoms with E-state index in [1.54, 1.807) is 30.3 Å². The molecule has 0 saturated carbocycles. The molecule has 6 nitrogen and oxygen atoms in total. The molecule has 4 rings (SSSR count). The molecular formula is C23H17N3O3S. The van der Waals surface area contributed by atoms with Gasteiger partial charge in [-0.2, -0.15) is 0 Å². The third-order valence-electron chi connectivity index (χ3n) is 4.38. The summed E-state index contributed by atoms with van der Waals surface area (Å²) in [6.07, 6.45) is 1.46. The number of para-hydroxylation sites is 1. The molecule has 1 N–H and O–H groups in total.